The number of furan rings is 1. The smallest absolute Gasteiger partial charge is 0.191 e. The molecule has 0 amide bonds. The molecule has 0 aliphatic carbocycles. The molecule has 1 atom stereocenters. The van der Waals surface area contributed by atoms with Crippen molar-refractivity contribution < 1.29 is 4.42 Å². The predicted molar refractivity (Wildman–Crippen MR) is 106 cm³/mol. The minimum Gasteiger partial charge on any atom is -0.467 e. The van der Waals surface area contributed by atoms with E-state index in [1.165, 1.54) is 12.1 Å². The number of nitrogens with zero attached hydrogens (tertiary/aromatic N) is 2. The first-order valence-electron chi connectivity index (χ1n) is 8.79. The summed E-state index contributed by atoms with van der Waals surface area (Å²) >= 11 is 3.49. The topological polar surface area (TPSA) is 52.8 Å². The van der Waals surface area contributed by atoms with Gasteiger partial charge in [0.2, 0.25) is 0 Å². The maximum atomic E-state index is 5.34. The van der Waals surface area contributed by atoms with Gasteiger partial charge >= 0.3 is 0 Å². The lowest BCUT2D eigenvalue weighted by molar-refractivity contribution is 0.511. The van der Waals surface area contributed by atoms with Gasteiger partial charge in [0.05, 0.1) is 6.26 Å². The molecule has 134 valence electrons. The molecule has 1 aromatic carbocycles. The van der Waals surface area contributed by atoms with E-state index in [0.29, 0.717) is 12.5 Å². The van der Waals surface area contributed by atoms with Crippen LogP contribution >= 0.6 is 15.9 Å². The SMILES string of the molecule is CCNC(=NCc1ccco1)NCC1CCN(c2ccc(Br)cc2)C1. The Morgan fingerprint density at radius 3 is 2.84 bits per heavy atom. The molecule has 2 aromatic rings. The monoisotopic (exact) mass is 404 g/mol. The summed E-state index contributed by atoms with van der Waals surface area (Å²) in [5.74, 6) is 2.34. The van der Waals surface area contributed by atoms with E-state index in [9.17, 15) is 0 Å². The average molecular weight is 405 g/mol. The van der Waals surface area contributed by atoms with Crippen LogP contribution in [0.2, 0.25) is 0 Å². The van der Waals surface area contributed by atoms with Crippen LogP contribution in [0.1, 0.15) is 19.1 Å². The van der Waals surface area contributed by atoms with E-state index in [1.54, 1.807) is 6.26 Å². The number of rotatable bonds is 6. The van der Waals surface area contributed by atoms with Crippen LogP contribution in [0.3, 0.4) is 0 Å². The normalized spacial score (nSPS) is 17.8. The largest absolute Gasteiger partial charge is 0.467 e. The van der Waals surface area contributed by atoms with Crippen molar-refractivity contribution in [2.24, 2.45) is 10.9 Å². The van der Waals surface area contributed by atoms with Crippen LogP contribution in [0.25, 0.3) is 0 Å². The number of guanidine groups is 1. The van der Waals surface area contributed by atoms with Crippen molar-refractivity contribution in [3.8, 4) is 0 Å². The number of aliphatic imine (C=N–C) groups is 1. The zero-order chi connectivity index (χ0) is 17.5. The quantitative estimate of drug-likeness (QED) is 0.570. The summed E-state index contributed by atoms with van der Waals surface area (Å²) in [5.41, 5.74) is 1.30. The molecular formula is C19H25BrN4O. The Morgan fingerprint density at radius 1 is 1.28 bits per heavy atom. The van der Waals surface area contributed by atoms with E-state index >= 15 is 0 Å². The lowest BCUT2D eigenvalue weighted by Crippen LogP contribution is -2.40. The number of hydrogen-bond acceptors (Lipinski definition) is 3. The number of benzene rings is 1. The standard InChI is InChI=1S/C19H25BrN4O/c1-2-21-19(23-13-18-4-3-11-25-18)22-12-15-9-10-24(14-15)17-7-5-16(20)6-8-17/h3-8,11,15H,2,9-10,12-14H2,1H3,(H2,21,22,23). The Hall–Kier alpha value is -1.95. The van der Waals surface area contributed by atoms with Gasteiger partial charge in [-0.1, -0.05) is 15.9 Å². The minimum absolute atomic E-state index is 0.554. The summed E-state index contributed by atoms with van der Waals surface area (Å²) in [5, 5.41) is 6.77. The third kappa shape index (κ3) is 5.26. The molecule has 1 aliphatic heterocycles. The first-order valence-corrected chi connectivity index (χ1v) is 9.59. The zero-order valence-electron chi connectivity index (χ0n) is 14.5. The highest BCUT2D eigenvalue weighted by molar-refractivity contribution is 9.10. The van der Waals surface area contributed by atoms with Crippen molar-refractivity contribution in [3.63, 3.8) is 0 Å². The second kappa shape index (κ2) is 8.94. The zero-order valence-corrected chi connectivity index (χ0v) is 16.1. The molecular weight excluding hydrogens is 380 g/mol. The third-order valence-electron chi connectivity index (χ3n) is 4.35. The van der Waals surface area contributed by atoms with Crippen LogP contribution in [-0.4, -0.2) is 32.1 Å². The molecule has 2 N–H and O–H groups in total. The number of nitrogens with one attached hydrogen (secondary N) is 2. The van der Waals surface area contributed by atoms with Crippen molar-refractivity contribution in [2.75, 3.05) is 31.1 Å². The molecule has 1 fully saturated rings. The number of anilines is 1. The van der Waals surface area contributed by atoms with Gasteiger partial charge < -0.3 is 20.0 Å². The Kier molecular flexibility index (Phi) is 6.39. The van der Waals surface area contributed by atoms with Gasteiger partial charge in [0.1, 0.15) is 12.3 Å². The fourth-order valence-corrected chi connectivity index (χ4v) is 3.29. The molecule has 0 bridgehead atoms. The summed E-state index contributed by atoms with van der Waals surface area (Å²) < 4.78 is 6.46. The lowest BCUT2D eigenvalue weighted by atomic mass is 10.1. The van der Waals surface area contributed by atoms with Crippen molar-refractivity contribution in [3.05, 3.63) is 52.9 Å². The molecule has 0 radical (unpaired) electrons. The molecule has 0 spiro atoms. The molecule has 5 nitrogen and oxygen atoms in total. The fraction of sp³-hybridized carbons (Fsp3) is 0.421. The molecule has 25 heavy (non-hydrogen) atoms. The number of halogens is 1. The van der Waals surface area contributed by atoms with Crippen LogP contribution in [0.5, 0.6) is 0 Å². The highest BCUT2D eigenvalue weighted by atomic mass is 79.9. The van der Waals surface area contributed by atoms with Crippen molar-refractivity contribution in [2.45, 2.75) is 19.9 Å². The van der Waals surface area contributed by atoms with Gasteiger partial charge in [0, 0.05) is 36.3 Å². The summed E-state index contributed by atoms with van der Waals surface area (Å²) in [7, 11) is 0. The molecule has 1 aliphatic rings. The molecule has 1 aromatic heterocycles. The molecule has 1 saturated heterocycles. The average Bonchev–Trinajstić information content (AvgIpc) is 3.30. The first-order chi connectivity index (χ1) is 12.2. The van der Waals surface area contributed by atoms with Crippen LogP contribution in [0.4, 0.5) is 5.69 Å². The van der Waals surface area contributed by atoms with Gasteiger partial charge in [-0.2, -0.15) is 0 Å². The van der Waals surface area contributed by atoms with Gasteiger partial charge in [-0.15, -0.1) is 0 Å². The van der Waals surface area contributed by atoms with E-state index in [2.05, 4.69) is 67.6 Å². The molecule has 6 heteroatoms. The second-order valence-electron chi connectivity index (χ2n) is 6.23. The summed E-state index contributed by atoms with van der Waals surface area (Å²) in [6.45, 7) is 6.59. The fourth-order valence-electron chi connectivity index (χ4n) is 3.03. The summed E-state index contributed by atoms with van der Waals surface area (Å²) in [4.78, 5) is 7.04. The first kappa shape index (κ1) is 17.9. The maximum absolute atomic E-state index is 5.34. The molecule has 1 unspecified atom stereocenters. The van der Waals surface area contributed by atoms with E-state index in [0.717, 1.165) is 42.4 Å². The van der Waals surface area contributed by atoms with Gasteiger partial charge in [0.25, 0.3) is 0 Å². The van der Waals surface area contributed by atoms with E-state index in [-0.39, 0.29) is 0 Å². The highest BCUT2D eigenvalue weighted by Gasteiger charge is 2.22. The Morgan fingerprint density at radius 2 is 2.12 bits per heavy atom. The Bertz CT molecular complexity index is 669. The van der Waals surface area contributed by atoms with Crippen LogP contribution in [0, 0.1) is 5.92 Å². The summed E-state index contributed by atoms with van der Waals surface area (Å²) in [6.07, 6.45) is 2.88. The van der Waals surface area contributed by atoms with Crippen LogP contribution in [-0.2, 0) is 6.54 Å². The number of hydrogen-bond donors (Lipinski definition) is 2. The summed E-state index contributed by atoms with van der Waals surface area (Å²) in [6, 6.07) is 12.4. The maximum Gasteiger partial charge on any atom is 0.191 e. The van der Waals surface area contributed by atoms with Crippen molar-refractivity contribution in [1.82, 2.24) is 10.6 Å². The van der Waals surface area contributed by atoms with Gasteiger partial charge in [-0.25, -0.2) is 4.99 Å². The molecule has 0 saturated carbocycles. The van der Waals surface area contributed by atoms with Crippen molar-refractivity contribution >= 4 is 27.6 Å². The second-order valence-corrected chi connectivity index (χ2v) is 7.15. The van der Waals surface area contributed by atoms with Gasteiger partial charge in [-0.05, 0) is 55.7 Å². The molecule has 3 rings (SSSR count). The van der Waals surface area contributed by atoms with Crippen LogP contribution in [0.15, 0.2) is 56.5 Å². The van der Waals surface area contributed by atoms with Gasteiger partial charge in [-0.3, -0.25) is 0 Å². The predicted octanol–water partition coefficient (Wildman–Crippen LogP) is 3.62. The highest BCUT2D eigenvalue weighted by Crippen LogP contribution is 2.24. The lowest BCUT2D eigenvalue weighted by Gasteiger charge is -2.19. The van der Waals surface area contributed by atoms with Crippen LogP contribution < -0.4 is 15.5 Å². The van der Waals surface area contributed by atoms with Gasteiger partial charge in [0.15, 0.2) is 5.96 Å². The van der Waals surface area contributed by atoms with E-state index in [1.807, 2.05) is 12.1 Å². The van der Waals surface area contributed by atoms with E-state index in [4.69, 9.17) is 4.42 Å². The Balaban J connectivity index is 1.49. The third-order valence-corrected chi connectivity index (χ3v) is 4.88. The minimum atomic E-state index is 0.554. The van der Waals surface area contributed by atoms with E-state index < -0.39 is 0 Å². The Labute approximate surface area is 157 Å². The molecule has 2 heterocycles. The van der Waals surface area contributed by atoms with Crippen molar-refractivity contribution in [1.29, 1.82) is 0 Å².